The third-order valence-corrected chi connectivity index (χ3v) is 2.85. The molecule has 0 aliphatic heterocycles. The second-order valence-corrected chi connectivity index (χ2v) is 4.87. The summed E-state index contributed by atoms with van der Waals surface area (Å²) in [6.07, 6.45) is 1.89. The van der Waals surface area contributed by atoms with Gasteiger partial charge in [-0.25, -0.2) is 0 Å². The van der Waals surface area contributed by atoms with Crippen LogP contribution in [0.5, 0.6) is 0 Å². The fraction of sp³-hybridized carbons (Fsp3) is 0.429. The molecule has 0 saturated carbocycles. The topological polar surface area (TPSA) is 64.9 Å². The Morgan fingerprint density at radius 3 is 2.61 bits per heavy atom. The standard InChI is InChI=1S/C14H19N3O/c1-10(2)8-9-12-16-14(18-17-12)13(15)11-6-4-3-5-7-11/h3-7,10,13H,8-9,15H2,1-2H3/t13-/m0/s1. The van der Waals surface area contributed by atoms with Crippen LogP contribution in [0.3, 0.4) is 0 Å². The van der Waals surface area contributed by atoms with E-state index >= 15 is 0 Å². The van der Waals surface area contributed by atoms with Gasteiger partial charge < -0.3 is 10.3 Å². The minimum Gasteiger partial charge on any atom is -0.337 e. The lowest BCUT2D eigenvalue weighted by Crippen LogP contribution is -2.12. The SMILES string of the molecule is CC(C)CCc1noc([C@@H](N)c2ccccc2)n1. The van der Waals surface area contributed by atoms with Crippen molar-refractivity contribution in [3.63, 3.8) is 0 Å². The molecule has 1 atom stereocenters. The number of nitrogens with zero attached hydrogens (tertiary/aromatic N) is 2. The molecule has 4 heteroatoms. The summed E-state index contributed by atoms with van der Waals surface area (Å²) in [5.41, 5.74) is 7.07. The van der Waals surface area contributed by atoms with Gasteiger partial charge in [0.1, 0.15) is 6.04 Å². The van der Waals surface area contributed by atoms with Crippen molar-refractivity contribution in [3.8, 4) is 0 Å². The first-order valence-electron chi connectivity index (χ1n) is 6.30. The lowest BCUT2D eigenvalue weighted by Gasteiger charge is -2.05. The van der Waals surface area contributed by atoms with E-state index in [1.54, 1.807) is 0 Å². The minimum atomic E-state index is -0.341. The van der Waals surface area contributed by atoms with Gasteiger partial charge in [-0.1, -0.05) is 49.3 Å². The number of hydrogen-bond donors (Lipinski definition) is 1. The Bertz CT molecular complexity index is 479. The summed E-state index contributed by atoms with van der Waals surface area (Å²) >= 11 is 0. The minimum absolute atomic E-state index is 0.341. The molecule has 0 aliphatic carbocycles. The largest absolute Gasteiger partial charge is 0.337 e. The molecule has 1 aromatic heterocycles. The van der Waals surface area contributed by atoms with Gasteiger partial charge in [-0.2, -0.15) is 4.98 Å². The van der Waals surface area contributed by atoms with E-state index in [9.17, 15) is 0 Å². The summed E-state index contributed by atoms with van der Waals surface area (Å²) in [5, 5.41) is 3.97. The van der Waals surface area contributed by atoms with Crippen LogP contribution in [0, 0.1) is 5.92 Å². The van der Waals surface area contributed by atoms with Crippen LogP contribution in [0.2, 0.25) is 0 Å². The molecule has 1 aromatic carbocycles. The molecule has 2 rings (SSSR count). The van der Waals surface area contributed by atoms with Crippen molar-refractivity contribution in [2.75, 3.05) is 0 Å². The van der Waals surface area contributed by atoms with Crippen molar-refractivity contribution in [3.05, 3.63) is 47.6 Å². The Kier molecular flexibility index (Phi) is 4.10. The Morgan fingerprint density at radius 1 is 1.22 bits per heavy atom. The molecular formula is C14H19N3O. The Labute approximate surface area is 107 Å². The number of hydrogen-bond acceptors (Lipinski definition) is 4. The first kappa shape index (κ1) is 12.8. The van der Waals surface area contributed by atoms with Crippen LogP contribution in [-0.2, 0) is 6.42 Å². The number of rotatable bonds is 5. The molecular weight excluding hydrogens is 226 g/mol. The lowest BCUT2D eigenvalue weighted by atomic mass is 10.1. The summed E-state index contributed by atoms with van der Waals surface area (Å²) in [6, 6.07) is 9.44. The van der Waals surface area contributed by atoms with Gasteiger partial charge in [0.2, 0.25) is 5.89 Å². The third-order valence-electron chi connectivity index (χ3n) is 2.85. The first-order valence-corrected chi connectivity index (χ1v) is 6.30. The lowest BCUT2D eigenvalue weighted by molar-refractivity contribution is 0.361. The van der Waals surface area contributed by atoms with Gasteiger partial charge >= 0.3 is 0 Å². The van der Waals surface area contributed by atoms with Gasteiger partial charge in [0.15, 0.2) is 5.82 Å². The fourth-order valence-electron chi connectivity index (χ4n) is 1.72. The van der Waals surface area contributed by atoms with Crippen molar-refractivity contribution in [2.45, 2.75) is 32.7 Å². The highest BCUT2D eigenvalue weighted by molar-refractivity contribution is 5.22. The summed E-state index contributed by atoms with van der Waals surface area (Å²) < 4.78 is 5.23. The maximum Gasteiger partial charge on any atom is 0.248 e. The maximum absolute atomic E-state index is 6.09. The van der Waals surface area contributed by atoms with Crippen LogP contribution in [0.15, 0.2) is 34.9 Å². The highest BCUT2D eigenvalue weighted by atomic mass is 16.5. The van der Waals surface area contributed by atoms with Gasteiger partial charge in [0.25, 0.3) is 0 Å². The number of aryl methyl sites for hydroxylation is 1. The second kappa shape index (κ2) is 5.78. The van der Waals surface area contributed by atoms with Crippen LogP contribution in [-0.4, -0.2) is 10.1 Å². The molecule has 0 saturated heterocycles. The molecule has 0 unspecified atom stereocenters. The molecule has 0 amide bonds. The van der Waals surface area contributed by atoms with E-state index < -0.39 is 0 Å². The third kappa shape index (κ3) is 3.17. The molecule has 18 heavy (non-hydrogen) atoms. The summed E-state index contributed by atoms with van der Waals surface area (Å²) in [5.74, 6) is 1.86. The summed E-state index contributed by atoms with van der Waals surface area (Å²) in [6.45, 7) is 4.35. The van der Waals surface area contributed by atoms with Crippen LogP contribution < -0.4 is 5.73 Å². The average molecular weight is 245 g/mol. The van der Waals surface area contributed by atoms with Crippen LogP contribution >= 0.6 is 0 Å². The highest BCUT2D eigenvalue weighted by Crippen LogP contribution is 2.18. The molecule has 4 nitrogen and oxygen atoms in total. The van der Waals surface area contributed by atoms with Gasteiger partial charge in [-0.05, 0) is 17.9 Å². The van der Waals surface area contributed by atoms with Crippen LogP contribution in [0.4, 0.5) is 0 Å². The van der Waals surface area contributed by atoms with E-state index in [2.05, 4.69) is 24.0 Å². The molecule has 96 valence electrons. The maximum atomic E-state index is 6.09. The second-order valence-electron chi connectivity index (χ2n) is 4.87. The van der Waals surface area contributed by atoms with E-state index in [1.807, 2.05) is 30.3 Å². The van der Waals surface area contributed by atoms with Crippen molar-refractivity contribution in [1.82, 2.24) is 10.1 Å². The molecule has 2 aromatic rings. The summed E-state index contributed by atoms with van der Waals surface area (Å²) in [4.78, 5) is 4.36. The number of benzene rings is 1. The number of aromatic nitrogens is 2. The Hall–Kier alpha value is -1.68. The molecule has 0 aliphatic rings. The van der Waals surface area contributed by atoms with E-state index in [0.717, 1.165) is 24.2 Å². The Morgan fingerprint density at radius 2 is 1.94 bits per heavy atom. The summed E-state index contributed by atoms with van der Waals surface area (Å²) in [7, 11) is 0. The number of nitrogens with two attached hydrogens (primary N) is 1. The van der Waals surface area contributed by atoms with Crippen molar-refractivity contribution in [2.24, 2.45) is 11.7 Å². The zero-order valence-corrected chi connectivity index (χ0v) is 10.8. The van der Waals surface area contributed by atoms with Gasteiger partial charge in [0, 0.05) is 6.42 Å². The molecule has 1 heterocycles. The van der Waals surface area contributed by atoms with Crippen LogP contribution in [0.1, 0.15) is 43.6 Å². The van der Waals surface area contributed by atoms with Gasteiger partial charge in [-0.15, -0.1) is 0 Å². The average Bonchev–Trinajstić information content (AvgIpc) is 2.85. The van der Waals surface area contributed by atoms with E-state index in [1.165, 1.54) is 0 Å². The first-order chi connectivity index (χ1) is 8.66. The fourth-order valence-corrected chi connectivity index (χ4v) is 1.72. The van der Waals surface area contributed by atoms with E-state index in [-0.39, 0.29) is 6.04 Å². The normalized spacial score (nSPS) is 12.9. The zero-order chi connectivity index (χ0) is 13.0. The molecule has 0 bridgehead atoms. The Balaban J connectivity index is 2.06. The predicted molar refractivity (Wildman–Crippen MR) is 69.9 cm³/mol. The highest BCUT2D eigenvalue weighted by Gasteiger charge is 2.16. The van der Waals surface area contributed by atoms with Crippen molar-refractivity contribution < 1.29 is 4.52 Å². The van der Waals surface area contributed by atoms with E-state index in [4.69, 9.17) is 10.3 Å². The van der Waals surface area contributed by atoms with Crippen LogP contribution in [0.25, 0.3) is 0 Å². The van der Waals surface area contributed by atoms with E-state index in [0.29, 0.717) is 11.8 Å². The molecule has 0 radical (unpaired) electrons. The quantitative estimate of drug-likeness (QED) is 0.879. The van der Waals surface area contributed by atoms with Crippen molar-refractivity contribution >= 4 is 0 Å². The smallest absolute Gasteiger partial charge is 0.248 e. The molecule has 2 N–H and O–H groups in total. The predicted octanol–water partition coefficient (Wildman–Crippen LogP) is 2.71. The zero-order valence-electron chi connectivity index (χ0n) is 10.8. The molecule has 0 spiro atoms. The van der Waals surface area contributed by atoms with Gasteiger partial charge in [0.05, 0.1) is 0 Å². The van der Waals surface area contributed by atoms with Crippen molar-refractivity contribution in [1.29, 1.82) is 0 Å². The monoisotopic (exact) mass is 245 g/mol. The molecule has 0 fully saturated rings. The van der Waals surface area contributed by atoms with Gasteiger partial charge in [-0.3, -0.25) is 0 Å².